The van der Waals surface area contributed by atoms with Crippen molar-refractivity contribution in [3.8, 4) is 0 Å². The van der Waals surface area contributed by atoms with E-state index in [1.807, 2.05) is 11.8 Å². The lowest BCUT2D eigenvalue weighted by Crippen LogP contribution is -2.40. The fraction of sp³-hybridized carbons (Fsp3) is 1.00. The highest BCUT2D eigenvalue weighted by atomic mass is 32.2. The van der Waals surface area contributed by atoms with Gasteiger partial charge < -0.3 is 20.1 Å². The highest BCUT2D eigenvalue weighted by molar-refractivity contribution is 7.99. The van der Waals surface area contributed by atoms with Gasteiger partial charge in [-0.25, -0.2) is 0 Å². The molecular weight excluding hydrogens is 284 g/mol. The topological polar surface area (TPSA) is 44.7 Å². The van der Waals surface area contributed by atoms with E-state index in [-0.39, 0.29) is 6.10 Å². The van der Waals surface area contributed by atoms with Gasteiger partial charge in [0.25, 0.3) is 0 Å². The average Bonchev–Trinajstić information content (AvgIpc) is 2.52. The number of aliphatic hydroxyl groups excluding tert-OH is 1. The first-order chi connectivity index (χ1) is 10.2. The summed E-state index contributed by atoms with van der Waals surface area (Å²) in [5.41, 5.74) is 0. The van der Waals surface area contributed by atoms with Crippen LogP contribution in [0.5, 0.6) is 0 Å². The molecule has 2 fully saturated rings. The maximum Gasteiger partial charge on any atom is 0.0897 e. The summed E-state index contributed by atoms with van der Waals surface area (Å²) >= 11 is 2.04. The smallest absolute Gasteiger partial charge is 0.0897 e. The highest BCUT2D eigenvalue weighted by Gasteiger charge is 2.19. The molecule has 5 heteroatoms. The average molecular weight is 317 g/mol. The first kappa shape index (κ1) is 17.5. The van der Waals surface area contributed by atoms with Crippen LogP contribution in [0, 0.1) is 5.92 Å². The third kappa shape index (κ3) is 7.33. The Labute approximate surface area is 134 Å². The van der Waals surface area contributed by atoms with Crippen LogP contribution in [-0.4, -0.2) is 73.1 Å². The molecule has 21 heavy (non-hydrogen) atoms. The Bertz CT molecular complexity index is 267. The van der Waals surface area contributed by atoms with E-state index in [4.69, 9.17) is 4.74 Å². The largest absolute Gasteiger partial charge is 0.389 e. The first-order valence-corrected chi connectivity index (χ1v) is 9.70. The summed E-state index contributed by atoms with van der Waals surface area (Å²) in [6, 6.07) is 0. The number of ether oxygens (including phenoxy) is 1. The fourth-order valence-electron chi connectivity index (χ4n) is 3.03. The van der Waals surface area contributed by atoms with Gasteiger partial charge in [-0.15, -0.1) is 0 Å². The second-order valence-electron chi connectivity index (χ2n) is 6.53. The van der Waals surface area contributed by atoms with E-state index in [0.29, 0.717) is 19.3 Å². The summed E-state index contributed by atoms with van der Waals surface area (Å²) in [6.45, 7) is 7.90. The lowest BCUT2D eigenvalue weighted by molar-refractivity contribution is -0.0278. The SMILES string of the molecule is CC1CCC(OCC(O)CNCCN2CCSCC2)CC1. The predicted octanol–water partition coefficient (Wildman–Crippen LogP) is 1.58. The van der Waals surface area contributed by atoms with Crippen LogP contribution in [-0.2, 0) is 4.74 Å². The van der Waals surface area contributed by atoms with Gasteiger partial charge in [0.15, 0.2) is 0 Å². The first-order valence-electron chi connectivity index (χ1n) is 8.54. The van der Waals surface area contributed by atoms with Gasteiger partial charge in [0.2, 0.25) is 0 Å². The second-order valence-corrected chi connectivity index (χ2v) is 7.75. The number of nitrogens with one attached hydrogen (secondary N) is 1. The van der Waals surface area contributed by atoms with Gasteiger partial charge in [0, 0.05) is 44.2 Å². The van der Waals surface area contributed by atoms with Crippen molar-refractivity contribution in [2.24, 2.45) is 5.92 Å². The zero-order chi connectivity index (χ0) is 14.9. The Balaban J connectivity index is 1.44. The maximum absolute atomic E-state index is 9.96. The van der Waals surface area contributed by atoms with Crippen LogP contribution in [0.15, 0.2) is 0 Å². The molecule has 0 aromatic carbocycles. The van der Waals surface area contributed by atoms with Crippen LogP contribution in [0.4, 0.5) is 0 Å². The maximum atomic E-state index is 9.96. The van der Waals surface area contributed by atoms with Crippen molar-refractivity contribution in [1.29, 1.82) is 0 Å². The Morgan fingerprint density at radius 1 is 1.24 bits per heavy atom. The van der Waals surface area contributed by atoms with Crippen molar-refractivity contribution in [3.05, 3.63) is 0 Å². The third-order valence-corrected chi connectivity index (χ3v) is 5.52. The quantitative estimate of drug-likeness (QED) is 0.666. The number of nitrogens with zero attached hydrogens (tertiary/aromatic N) is 1. The van der Waals surface area contributed by atoms with Gasteiger partial charge in [-0.1, -0.05) is 6.92 Å². The zero-order valence-electron chi connectivity index (χ0n) is 13.4. The lowest BCUT2D eigenvalue weighted by Gasteiger charge is -2.27. The van der Waals surface area contributed by atoms with Crippen molar-refractivity contribution in [1.82, 2.24) is 10.2 Å². The van der Waals surface area contributed by atoms with E-state index >= 15 is 0 Å². The Morgan fingerprint density at radius 2 is 1.95 bits per heavy atom. The van der Waals surface area contributed by atoms with Crippen molar-refractivity contribution in [2.45, 2.75) is 44.8 Å². The van der Waals surface area contributed by atoms with Crippen LogP contribution in [0.25, 0.3) is 0 Å². The normalized spacial score (nSPS) is 29.4. The zero-order valence-corrected chi connectivity index (χ0v) is 14.2. The molecule has 0 aromatic heterocycles. The minimum atomic E-state index is -0.374. The summed E-state index contributed by atoms with van der Waals surface area (Å²) < 4.78 is 5.84. The van der Waals surface area contributed by atoms with Crippen LogP contribution in [0.2, 0.25) is 0 Å². The molecule has 0 bridgehead atoms. The van der Waals surface area contributed by atoms with E-state index < -0.39 is 0 Å². The second kappa shape index (κ2) is 10.1. The van der Waals surface area contributed by atoms with E-state index in [0.717, 1.165) is 31.8 Å². The summed E-state index contributed by atoms with van der Waals surface area (Å²) in [5, 5.41) is 13.3. The van der Waals surface area contributed by atoms with E-state index in [9.17, 15) is 5.11 Å². The minimum absolute atomic E-state index is 0.374. The molecule has 4 nitrogen and oxygen atoms in total. The van der Waals surface area contributed by atoms with E-state index in [1.165, 1.54) is 37.4 Å². The van der Waals surface area contributed by atoms with Gasteiger partial charge in [0.05, 0.1) is 18.8 Å². The summed E-state index contributed by atoms with van der Waals surface area (Å²) in [6.07, 6.45) is 4.87. The molecule has 2 rings (SSSR count). The standard InChI is InChI=1S/C16H32N2O2S/c1-14-2-4-16(5-3-14)20-13-15(19)12-17-6-7-18-8-10-21-11-9-18/h14-17,19H,2-13H2,1H3. The predicted molar refractivity (Wildman–Crippen MR) is 90.0 cm³/mol. The van der Waals surface area contributed by atoms with Gasteiger partial charge in [-0.3, -0.25) is 0 Å². The van der Waals surface area contributed by atoms with Crippen molar-refractivity contribution in [3.63, 3.8) is 0 Å². The number of rotatable bonds is 8. The van der Waals surface area contributed by atoms with Crippen LogP contribution < -0.4 is 5.32 Å². The number of hydrogen-bond donors (Lipinski definition) is 2. The van der Waals surface area contributed by atoms with Gasteiger partial charge >= 0.3 is 0 Å². The van der Waals surface area contributed by atoms with Gasteiger partial charge in [0.1, 0.15) is 0 Å². The van der Waals surface area contributed by atoms with Gasteiger partial charge in [-0.2, -0.15) is 11.8 Å². The summed E-state index contributed by atoms with van der Waals surface area (Å²) in [5.74, 6) is 3.37. The molecule has 1 aliphatic heterocycles. The molecule has 1 unspecified atom stereocenters. The van der Waals surface area contributed by atoms with Crippen molar-refractivity contribution < 1.29 is 9.84 Å². The number of hydrogen-bond acceptors (Lipinski definition) is 5. The van der Waals surface area contributed by atoms with Crippen LogP contribution >= 0.6 is 11.8 Å². The van der Waals surface area contributed by atoms with E-state index in [1.54, 1.807) is 0 Å². The molecule has 0 radical (unpaired) electrons. The molecule has 1 atom stereocenters. The molecule has 1 saturated heterocycles. The molecule has 1 saturated carbocycles. The third-order valence-electron chi connectivity index (χ3n) is 4.58. The van der Waals surface area contributed by atoms with Crippen LogP contribution in [0.3, 0.4) is 0 Å². The van der Waals surface area contributed by atoms with Crippen LogP contribution in [0.1, 0.15) is 32.6 Å². The molecule has 1 heterocycles. The molecular formula is C16H32N2O2S. The fourth-order valence-corrected chi connectivity index (χ4v) is 4.01. The highest BCUT2D eigenvalue weighted by Crippen LogP contribution is 2.25. The van der Waals surface area contributed by atoms with Crippen molar-refractivity contribution >= 4 is 11.8 Å². The monoisotopic (exact) mass is 316 g/mol. The Kier molecular flexibility index (Phi) is 8.40. The van der Waals surface area contributed by atoms with Gasteiger partial charge in [-0.05, 0) is 31.6 Å². The molecule has 0 amide bonds. The minimum Gasteiger partial charge on any atom is -0.389 e. The van der Waals surface area contributed by atoms with E-state index in [2.05, 4.69) is 17.1 Å². The molecule has 0 aromatic rings. The Morgan fingerprint density at radius 3 is 2.67 bits per heavy atom. The number of aliphatic hydroxyl groups is 1. The summed E-state index contributed by atoms with van der Waals surface area (Å²) in [7, 11) is 0. The number of thioether (sulfide) groups is 1. The molecule has 1 aliphatic carbocycles. The molecule has 0 spiro atoms. The molecule has 2 N–H and O–H groups in total. The molecule has 124 valence electrons. The van der Waals surface area contributed by atoms with Crippen molar-refractivity contribution in [2.75, 3.05) is 50.8 Å². The summed E-state index contributed by atoms with van der Waals surface area (Å²) in [4.78, 5) is 2.50. The lowest BCUT2D eigenvalue weighted by atomic mass is 9.89. The Hall–Kier alpha value is 0.190. The molecule has 2 aliphatic rings.